The number of aryl methyl sites for hydroxylation is 1. The predicted octanol–water partition coefficient (Wildman–Crippen LogP) is 8.27. The fourth-order valence-corrected chi connectivity index (χ4v) is 6.07. The van der Waals surface area contributed by atoms with Crippen LogP contribution in [0.25, 0.3) is 10.4 Å². The molecule has 1 aromatic heterocycles. The molecule has 0 saturated carbocycles. The minimum atomic E-state index is -1.00. The van der Waals surface area contributed by atoms with Crippen molar-refractivity contribution < 1.29 is 14.3 Å². The van der Waals surface area contributed by atoms with Crippen molar-refractivity contribution in [2.75, 3.05) is 5.32 Å². The number of hydrogen-bond donors (Lipinski definition) is 2. The van der Waals surface area contributed by atoms with E-state index >= 15 is 0 Å². The number of para-hydroxylation sites is 1. The van der Waals surface area contributed by atoms with Gasteiger partial charge in [0.05, 0.1) is 10.7 Å². The third-order valence-electron chi connectivity index (χ3n) is 4.98. The van der Waals surface area contributed by atoms with Crippen molar-refractivity contribution in [3.05, 3.63) is 98.1 Å². The summed E-state index contributed by atoms with van der Waals surface area (Å²) < 4.78 is 15.2. The van der Waals surface area contributed by atoms with Crippen LogP contribution in [0.2, 0.25) is 5.02 Å². The number of halogens is 2. The summed E-state index contributed by atoms with van der Waals surface area (Å²) in [6, 6.07) is 19.1. The van der Waals surface area contributed by atoms with Gasteiger partial charge in [0.15, 0.2) is 0 Å². The summed E-state index contributed by atoms with van der Waals surface area (Å²) >= 11 is 11.4. The zero-order valence-corrected chi connectivity index (χ0v) is 20.0. The number of hydrogen-bond acceptors (Lipinski definition) is 5. The van der Waals surface area contributed by atoms with Crippen LogP contribution in [0, 0.1) is 16.6 Å². The molecule has 0 aliphatic heterocycles. The maximum Gasteiger partial charge on any atom is 0.315 e. The third kappa shape index (κ3) is 4.76. The highest BCUT2D eigenvalue weighted by Crippen LogP contribution is 2.37. The molecule has 0 radical (unpaired) electrons. The van der Waals surface area contributed by atoms with Gasteiger partial charge >= 0.3 is 5.97 Å². The molecule has 3 aromatic carbocycles. The number of carboxylic acids is 1. The van der Waals surface area contributed by atoms with Gasteiger partial charge in [-0.1, -0.05) is 92.5 Å². The van der Waals surface area contributed by atoms with Gasteiger partial charge in [0.2, 0.25) is 0 Å². The lowest BCUT2D eigenvalue weighted by atomic mass is 9.88. The maximum atomic E-state index is 14.4. The molecule has 8 heteroatoms. The molecule has 0 saturated heterocycles. The second kappa shape index (κ2) is 9.50. The van der Waals surface area contributed by atoms with Gasteiger partial charge in [0.25, 0.3) is 0 Å². The average molecular weight is 502 g/mol. The molecule has 4 rings (SSSR count). The highest BCUT2D eigenvalue weighted by atomic mass is 35.5. The summed E-state index contributed by atoms with van der Waals surface area (Å²) in [5.41, 5.74) is 3.61. The molecule has 0 bridgehead atoms. The summed E-state index contributed by atoms with van der Waals surface area (Å²) in [6.07, 6.45) is 0. The van der Waals surface area contributed by atoms with Gasteiger partial charge < -0.3 is 10.4 Å². The number of carboxylic acid groups (broad SMARTS) is 1. The fourth-order valence-electron chi connectivity index (χ4n) is 3.45. The van der Waals surface area contributed by atoms with Gasteiger partial charge in [-0.05, 0) is 47.9 Å². The molecule has 0 aliphatic rings. The van der Waals surface area contributed by atoms with Crippen LogP contribution in [0.3, 0.4) is 0 Å². The molecule has 0 aliphatic carbocycles. The lowest BCUT2D eigenvalue weighted by molar-refractivity contribution is -0.137. The Labute approximate surface area is 202 Å². The number of aliphatic carboxylic acids is 1. The van der Waals surface area contributed by atoms with E-state index in [4.69, 9.17) is 23.8 Å². The van der Waals surface area contributed by atoms with E-state index in [1.54, 1.807) is 28.5 Å². The van der Waals surface area contributed by atoms with Crippen molar-refractivity contribution in [3.63, 3.8) is 0 Å². The molecular weight excluding hydrogens is 485 g/mol. The van der Waals surface area contributed by atoms with E-state index in [1.807, 2.05) is 43.3 Å². The van der Waals surface area contributed by atoms with Gasteiger partial charge in [-0.25, -0.2) is 4.39 Å². The zero-order chi connectivity index (χ0) is 22.8. The van der Waals surface area contributed by atoms with Crippen LogP contribution in [0.15, 0.2) is 66.7 Å². The summed E-state index contributed by atoms with van der Waals surface area (Å²) in [4.78, 5) is 13.4. The first-order valence-corrected chi connectivity index (χ1v) is 12.5. The minimum Gasteiger partial charge on any atom is -0.481 e. The van der Waals surface area contributed by atoms with E-state index in [2.05, 4.69) is 5.32 Å². The van der Waals surface area contributed by atoms with Crippen LogP contribution < -0.4 is 5.32 Å². The van der Waals surface area contributed by atoms with Crippen LogP contribution in [0.5, 0.6) is 0 Å². The Morgan fingerprint density at radius 2 is 1.84 bits per heavy atom. The van der Waals surface area contributed by atoms with Crippen molar-refractivity contribution in [1.82, 2.24) is 0 Å². The van der Waals surface area contributed by atoms with Gasteiger partial charge in [0, 0.05) is 10.6 Å². The van der Waals surface area contributed by atoms with Crippen molar-refractivity contribution in [2.45, 2.75) is 12.8 Å². The van der Waals surface area contributed by atoms with E-state index in [9.17, 15) is 14.3 Å². The predicted molar refractivity (Wildman–Crippen MR) is 134 cm³/mol. The molecule has 0 fully saturated rings. The lowest BCUT2D eigenvalue weighted by Crippen LogP contribution is -2.15. The molecule has 2 N–H and O–H groups in total. The Bertz CT molecular complexity index is 1330. The monoisotopic (exact) mass is 501 g/mol. The third-order valence-corrected chi connectivity index (χ3v) is 8.20. The Morgan fingerprint density at radius 3 is 2.47 bits per heavy atom. The molecular formula is C24H17ClFNO2S3. The van der Waals surface area contributed by atoms with E-state index in [1.165, 1.54) is 22.5 Å². The number of anilines is 2. The minimum absolute atomic E-state index is 0.109. The Kier molecular flexibility index (Phi) is 6.71. The highest BCUT2D eigenvalue weighted by Gasteiger charge is 2.26. The van der Waals surface area contributed by atoms with Crippen molar-refractivity contribution in [1.29, 1.82) is 0 Å². The highest BCUT2D eigenvalue weighted by molar-refractivity contribution is 7.80. The lowest BCUT2D eigenvalue weighted by Gasteiger charge is -2.20. The summed E-state index contributed by atoms with van der Waals surface area (Å²) in [5, 5.41) is 13.3. The van der Waals surface area contributed by atoms with E-state index in [0.717, 1.165) is 19.8 Å². The first kappa shape index (κ1) is 22.6. The van der Waals surface area contributed by atoms with E-state index in [-0.39, 0.29) is 10.7 Å². The van der Waals surface area contributed by atoms with E-state index < -0.39 is 17.7 Å². The molecule has 1 heterocycles. The van der Waals surface area contributed by atoms with Crippen LogP contribution in [-0.2, 0) is 4.79 Å². The first-order valence-electron chi connectivity index (χ1n) is 9.58. The number of benzene rings is 3. The Morgan fingerprint density at radius 1 is 1.09 bits per heavy atom. The number of carbonyl (C=O) groups is 1. The molecule has 32 heavy (non-hydrogen) atoms. The molecule has 0 amide bonds. The second-order valence-corrected chi connectivity index (χ2v) is 10.5. The number of nitrogens with one attached hydrogen (secondary N) is 1. The topological polar surface area (TPSA) is 49.3 Å². The van der Waals surface area contributed by atoms with Crippen molar-refractivity contribution >= 4 is 61.8 Å². The molecule has 4 aromatic rings. The SMILES string of the molecule is Cc1ccc(Nc2c(F)cccc2Cl)c(C(C(=O)O)c2ccc(-c3cc(=S)ss3)cc2)c1. The van der Waals surface area contributed by atoms with Crippen molar-refractivity contribution in [2.24, 2.45) is 0 Å². The van der Waals surface area contributed by atoms with E-state index in [0.29, 0.717) is 16.8 Å². The van der Waals surface area contributed by atoms with Crippen LogP contribution in [0.4, 0.5) is 15.8 Å². The Balaban J connectivity index is 1.76. The molecule has 162 valence electrons. The second-order valence-electron chi connectivity index (χ2n) is 7.20. The quantitative estimate of drug-likeness (QED) is 0.206. The molecule has 1 atom stereocenters. The maximum absolute atomic E-state index is 14.4. The van der Waals surface area contributed by atoms with Crippen LogP contribution in [0.1, 0.15) is 22.6 Å². The van der Waals surface area contributed by atoms with Crippen molar-refractivity contribution in [3.8, 4) is 10.4 Å². The normalized spacial score (nSPS) is 11.8. The average Bonchev–Trinajstić information content (AvgIpc) is 3.19. The summed E-state index contributed by atoms with van der Waals surface area (Å²) in [6.45, 7) is 1.88. The molecule has 1 unspecified atom stereocenters. The fraction of sp³-hybridized carbons (Fsp3) is 0.0833. The van der Waals surface area contributed by atoms with Gasteiger partial charge in [0.1, 0.15) is 15.6 Å². The standard InChI is InChI=1S/C24H17ClFNO2S3/c1-13-5-10-19(27-23-17(25)3-2-4-18(23)26)16(11-13)22(24(28)29)15-8-6-14(7-9-15)20-12-21(30)32-31-20/h2-12,22,27H,1H3,(H,28,29). The summed E-state index contributed by atoms with van der Waals surface area (Å²) in [7, 11) is 3.12. The van der Waals surface area contributed by atoms with Gasteiger partial charge in [-0.3, -0.25) is 4.79 Å². The van der Waals surface area contributed by atoms with Crippen LogP contribution >= 0.6 is 44.5 Å². The van der Waals surface area contributed by atoms with Gasteiger partial charge in [-0.15, -0.1) is 0 Å². The summed E-state index contributed by atoms with van der Waals surface area (Å²) in [5.74, 6) is -2.46. The molecule has 0 spiro atoms. The van der Waals surface area contributed by atoms with Crippen LogP contribution in [-0.4, -0.2) is 11.1 Å². The molecule has 3 nitrogen and oxygen atoms in total. The number of rotatable bonds is 6. The zero-order valence-electron chi connectivity index (χ0n) is 16.8. The van der Waals surface area contributed by atoms with Gasteiger partial charge in [-0.2, -0.15) is 0 Å². The largest absolute Gasteiger partial charge is 0.481 e. The first-order chi connectivity index (χ1) is 15.3. The smallest absolute Gasteiger partial charge is 0.315 e. The Hall–Kier alpha value is -2.58.